The number of ether oxygens (including phenoxy) is 3. The smallest absolute Gasteiger partial charge is 0.107 e. The third-order valence-electron chi connectivity index (χ3n) is 2.85. The predicted octanol–water partition coefficient (Wildman–Crippen LogP) is 2.01. The molecule has 16 heavy (non-hydrogen) atoms. The Hall–Kier alpha value is -0.900. The van der Waals surface area contributed by atoms with E-state index in [4.69, 9.17) is 14.2 Å². The minimum atomic E-state index is 0.0914. The maximum Gasteiger partial charge on any atom is 0.107 e. The molecular formula is C13H18O3. The van der Waals surface area contributed by atoms with Gasteiger partial charge in [0.05, 0.1) is 19.3 Å². The Morgan fingerprint density at radius 3 is 2.88 bits per heavy atom. The van der Waals surface area contributed by atoms with E-state index in [1.807, 2.05) is 18.2 Å². The van der Waals surface area contributed by atoms with Crippen LogP contribution >= 0.6 is 0 Å². The first kappa shape index (κ1) is 11.6. The molecule has 0 aliphatic carbocycles. The Morgan fingerprint density at radius 2 is 2.12 bits per heavy atom. The summed E-state index contributed by atoms with van der Waals surface area (Å²) in [5.74, 6) is 0. The van der Waals surface area contributed by atoms with E-state index < -0.39 is 0 Å². The third kappa shape index (κ3) is 3.04. The lowest BCUT2D eigenvalue weighted by molar-refractivity contribution is -0.0414. The Balaban J connectivity index is 1.72. The molecule has 1 aliphatic rings. The van der Waals surface area contributed by atoms with Crippen molar-refractivity contribution in [2.75, 3.05) is 20.3 Å². The van der Waals surface area contributed by atoms with E-state index in [2.05, 4.69) is 12.1 Å². The maximum atomic E-state index is 5.63. The highest BCUT2D eigenvalue weighted by Crippen LogP contribution is 2.17. The van der Waals surface area contributed by atoms with Gasteiger partial charge in [-0.3, -0.25) is 0 Å². The average molecular weight is 222 g/mol. The van der Waals surface area contributed by atoms with Crippen LogP contribution in [0, 0.1) is 0 Å². The molecule has 0 amide bonds. The molecule has 1 aromatic rings. The molecule has 0 unspecified atom stereocenters. The number of rotatable bonds is 5. The van der Waals surface area contributed by atoms with Crippen molar-refractivity contribution in [3.05, 3.63) is 35.9 Å². The van der Waals surface area contributed by atoms with Crippen LogP contribution < -0.4 is 0 Å². The summed E-state index contributed by atoms with van der Waals surface area (Å²) >= 11 is 0. The molecule has 1 heterocycles. The van der Waals surface area contributed by atoms with Crippen LogP contribution in [0.5, 0.6) is 0 Å². The van der Waals surface area contributed by atoms with Crippen LogP contribution in [-0.2, 0) is 20.8 Å². The van der Waals surface area contributed by atoms with Crippen molar-refractivity contribution in [3.63, 3.8) is 0 Å². The number of benzene rings is 1. The highest BCUT2D eigenvalue weighted by molar-refractivity contribution is 5.13. The van der Waals surface area contributed by atoms with Gasteiger partial charge in [-0.2, -0.15) is 0 Å². The lowest BCUT2D eigenvalue weighted by Gasteiger charge is -2.16. The Bertz CT molecular complexity index is 299. The Morgan fingerprint density at radius 1 is 1.31 bits per heavy atom. The lowest BCUT2D eigenvalue weighted by atomic mass is 10.2. The summed E-state index contributed by atoms with van der Waals surface area (Å²) in [6, 6.07) is 10.2. The van der Waals surface area contributed by atoms with Crippen LogP contribution in [0.4, 0.5) is 0 Å². The largest absolute Gasteiger partial charge is 0.379 e. The van der Waals surface area contributed by atoms with Gasteiger partial charge in [-0.15, -0.1) is 0 Å². The summed E-state index contributed by atoms with van der Waals surface area (Å²) in [5, 5.41) is 0. The van der Waals surface area contributed by atoms with Gasteiger partial charge in [-0.1, -0.05) is 30.3 Å². The van der Waals surface area contributed by atoms with Crippen molar-refractivity contribution < 1.29 is 14.2 Å². The summed E-state index contributed by atoms with van der Waals surface area (Å²) < 4.78 is 16.5. The fourth-order valence-electron chi connectivity index (χ4n) is 1.92. The van der Waals surface area contributed by atoms with Gasteiger partial charge in [-0.25, -0.2) is 0 Å². The molecule has 2 atom stereocenters. The lowest BCUT2D eigenvalue weighted by Crippen LogP contribution is -2.28. The minimum Gasteiger partial charge on any atom is -0.379 e. The van der Waals surface area contributed by atoms with Crippen molar-refractivity contribution in [2.45, 2.75) is 25.2 Å². The zero-order chi connectivity index (χ0) is 11.2. The van der Waals surface area contributed by atoms with Crippen molar-refractivity contribution >= 4 is 0 Å². The fraction of sp³-hybridized carbons (Fsp3) is 0.538. The molecule has 1 fully saturated rings. The number of methoxy groups -OCH3 is 1. The Labute approximate surface area is 96.3 Å². The quantitative estimate of drug-likeness (QED) is 0.762. The van der Waals surface area contributed by atoms with Crippen molar-refractivity contribution in [3.8, 4) is 0 Å². The van der Waals surface area contributed by atoms with Crippen LogP contribution in [0.3, 0.4) is 0 Å². The van der Waals surface area contributed by atoms with Crippen molar-refractivity contribution in [2.24, 2.45) is 0 Å². The summed E-state index contributed by atoms with van der Waals surface area (Å²) in [6.45, 7) is 2.02. The minimum absolute atomic E-state index is 0.0914. The van der Waals surface area contributed by atoms with E-state index in [0.717, 1.165) is 13.0 Å². The first-order valence-corrected chi connectivity index (χ1v) is 5.66. The second-order valence-corrected chi connectivity index (χ2v) is 3.97. The van der Waals surface area contributed by atoms with Crippen LogP contribution in [-0.4, -0.2) is 32.5 Å². The maximum absolute atomic E-state index is 5.63. The molecule has 2 rings (SSSR count). The van der Waals surface area contributed by atoms with E-state index in [1.54, 1.807) is 7.11 Å². The molecule has 3 nitrogen and oxygen atoms in total. The van der Waals surface area contributed by atoms with Gasteiger partial charge in [-0.05, 0) is 12.0 Å². The SMILES string of the molecule is CO[C@H]1CCO[C@H]1COCc1ccccc1. The highest BCUT2D eigenvalue weighted by atomic mass is 16.6. The van der Waals surface area contributed by atoms with Crippen LogP contribution in [0.1, 0.15) is 12.0 Å². The fourth-order valence-corrected chi connectivity index (χ4v) is 1.92. The van der Waals surface area contributed by atoms with Gasteiger partial charge in [0.2, 0.25) is 0 Å². The molecule has 0 N–H and O–H groups in total. The van der Waals surface area contributed by atoms with Gasteiger partial charge < -0.3 is 14.2 Å². The van der Waals surface area contributed by atoms with Gasteiger partial charge in [0, 0.05) is 13.7 Å². The van der Waals surface area contributed by atoms with E-state index in [-0.39, 0.29) is 12.2 Å². The summed E-state index contributed by atoms with van der Waals surface area (Å²) in [6.07, 6.45) is 1.25. The number of hydrogen-bond donors (Lipinski definition) is 0. The molecule has 0 radical (unpaired) electrons. The first-order chi connectivity index (χ1) is 7.90. The second-order valence-electron chi connectivity index (χ2n) is 3.97. The van der Waals surface area contributed by atoms with Crippen LogP contribution in [0.25, 0.3) is 0 Å². The molecule has 0 spiro atoms. The zero-order valence-electron chi connectivity index (χ0n) is 9.59. The van der Waals surface area contributed by atoms with Gasteiger partial charge >= 0.3 is 0 Å². The third-order valence-corrected chi connectivity index (χ3v) is 2.85. The molecular weight excluding hydrogens is 204 g/mol. The first-order valence-electron chi connectivity index (χ1n) is 5.66. The van der Waals surface area contributed by atoms with E-state index in [0.29, 0.717) is 13.2 Å². The van der Waals surface area contributed by atoms with Crippen molar-refractivity contribution in [1.29, 1.82) is 0 Å². The monoisotopic (exact) mass is 222 g/mol. The second kappa shape index (κ2) is 5.99. The van der Waals surface area contributed by atoms with Gasteiger partial charge in [0.25, 0.3) is 0 Å². The molecule has 0 saturated carbocycles. The number of hydrogen-bond acceptors (Lipinski definition) is 3. The average Bonchev–Trinajstić information content (AvgIpc) is 2.78. The van der Waals surface area contributed by atoms with Gasteiger partial charge in [0.1, 0.15) is 6.10 Å². The van der Waals surface area contributed by atoms with Crippen molar-refractivity contribution in [1.82, 2.24) is 0 Å². The molecule has 1 aromatic carbocycles. The molecule has 3 heteroatoms. The Kier molecular flexibility index (Phi) is 4.34. The van der Waals surface area contributed by atoms with E-state index in [9.17, 15) is 0 Å². The molecule has 0 aromatic heterocycles. The zero-order valence-corrected chi connectivity index (χ0v) is 9.59. The molecule has 1 aliphatic heterocycles. The molecule has 0 bridgehead atoms. The highest BCUT2D eigenvalue weighted by Gasteiger charge is 2.27. The van der Waals surface area contributed by atoms with Crippen LogP contribution in [0.15, 0.2) is 30.3 Å². The van der Waals surface area contributed by atoms with Crippen LogP contribution in [0.2, 0.25) is 0 Å². The van der Waals surface area contributed by atoms with E-state index >= 15 is 0 Å². The topological polar surface area (TPSA) is 27.7 Å². The summed E-state index contributed by atoms with van der Waals surface area (Å²) in [7, 11) is 1.73. The summed E-state index contributed by atoms with van der Waals surface area (Å²) in [4.78, 5) is 0. The standard InChI is InChI=1S/C13H18O3/c1-14-12-7-8-16-13(12)10-15-9-11-5-3-2-4-6-11/h2-6,12-13H,7-10H2,1H3/t12-,13-/m0/s1. The van der Waals surface area contributed by atoms with Gasteiger partial charge in [0.15, 0.2) is 0 Å². The molecule has 1 saturated heterocycles. The molecule has 88 valence electrons. The normalized spacial score (nSPS) is 24.8. The predicted molar refractivity (Wildman–Crippen MR) is 61.3 cm³/mol. The van der Waals surface area contributed by atoms with E-state index in [1.165, 1.54) is 5.56 Å². The summed E-state index contributed by atoms with van der Waals surface area (Å²) in [5.41, 5.74) is 1.19.